The van der Waals surface area contributed by atoms with Crippen LogP contribution in [0.1, 0.15) is 16.7 Å². The van der Waals surface area contributed by atoms with Gasteiger partial charge in [0, 0.05) is 6.07 Å². The summed E-state index contributed by atoms with van der Waals surface area (Å²) in [6, 6.07) is 3.29. The predicted octanol–water partition coefficient (Wildman–Crippen LogP) is 1.70. The standard InChI is InChI=1S/C9H11NO3/c1-6-3-7(2)8(5-11)9(4-6)10(12)13/h3-4,11H,5H2,1-2H3. The summed E-state index contributed by atoms with van der Waals surface area (Å²) in [7, 11) is 0. The van der Waals surface area contributed by atoms with Crippen LogP contribution in [0.25, 0.3) is 0 Å². The number of aliphatic hydroxyl groups is 1. The van der Waals surface area contributed by atoms with Gasteiger partial charge in [-0.2, -0.15) is 0 Å². The summed E-state index contributed by atoms with van der Waals surface area (Å²) < 4.78 is 0. The fraction of sp³-hybridized carbons (Fsp3) is 0.333. The third-order valence-electron chi connectivity index (χ3n) is 1.95. The molecule has 0 heterocycles. The molecule has 4 nitrogen and oxygen atoms in total. The molecule has 0 aliphatic rings. The molecule has 0 fully saturated rings. The van der Waals surface area contributed by atoms with Crippen molar-refractivity contribution in [1.82, 2.24) is 0 Å². The van der Waals surface area contributed by atoms with Crippen LogP contribution >= 0.6 is 0 Å². The van der Waals surface area contributed by atoms with Gasteiger partial charge in [0.25, 0.3) is 5.69 Å². The molecule has 1 aromatic rings. The molecule has 0 aromatic heterocycles. The van der Waals surface area contributed by atoms with Gasteiger partial charge in [-0.05, 0) is 25.0 Å². The van der Waals surface area contributed by atoms with Crippen LogP contribution in [0.4, 0.5) is 5.69 Å². The SMILES string of the molecule is Cc1cc(C)c(CO)c([N+](=O)[O-])c1. The van der Waals surface area contributed by atoms with Crippen LogP contribution in [0.3, 0.4) is 0 Å². The van der Waals surface area contributed by atoms with E-state index in [1.807, 2.05) is 6.07 Å². The average Bonchev–Trinajstić information content (AvgIpc) is 2.02. The lowest BCUT2D eigenvalue weighted by atomic mass is 10.0. The van der Waals surface area contributed by atoms with E-state index >= 15 is 0 Å². The third kappa shape index (κ3) is 1.84. The Hall–Kier alpha value is -1.42. The van der Waals surface area contributed by atoms with Gasteiger partial charge in [0.2, 0.25) is 0 Å². The van der Waals surface area contributed by atoms with Crippen LogP contribution in [-0.4, -0.2) is 10.0 Å². The van der Waals surface area contributed by atoms with E-state index in [9.17, 15) is 10.1 Å². The largest absolute Gasteiger partial charge is 0.391 e. The Bertz CT molecular complexity index is 347. The highest BCUT2D eigenvalue weighted by Gasteiger charge is 2.15. The van der Waals surface area contributed by atoms with Gasteiger partial charge in [0.15, 0.2) is 0 Å². The van der Waals surface area contributed by atoms with E-state index in [1.54, 1.807) is 13.8 Å². The molecule has 0 saturated carbocycles. The maximum atomic E-state index is 10.6. The number of benzene rings is 1. The van der Waals surface area contributed by atoms with E-state index in [0.29, 0.717) is 5.56 Å². The van der Waals surface area contributed by atoms with Crippen LogP contribution < -0.4 is 0 Å². The van der Waals surface area contributed by atoms with Crippen molar-refractivity contribution in [2.45, 2.75) is 20.5 Å². The zero-order valence-electron chi connectivity index (χ0n) is 7.57. The van der Waals surface area contributed by atoms with Gasteiger partial charge in [0.05, 0.1) is 17.1 Å². The number of rotatable bonds is 2. The first-order chi connectivity index (χ1) is 6.06. The molecule has 0 spiro atoms. The second kappa shape index (κ2) is 3.53. The van der Waals surface area contributed by atoms with Gasteiger partial charge in [-0.15, -0.1) is 0 Å². The van der Waals surface area contributed by atoms with Gasteiger partial charge in [0.1, 0.15) is 0 Å². The number of aliphatic hydroxyl groups excluding tert-OH is 1. The monoisotopic (exact) mass is 181 g/mol. The van der Waals surface area contributed by atoms with E-state index in [0.717, 1.165) is 11.1 Å². The van der Waals surface area contributed by atoms with Crippen LogP contribution in [0.2, 0.25) is 0 Å². The Balaban J connectivity index is 3.38. The van der Waals surface area contributed by atoms with Crippen molar-refractivity contribution in [3.05, 3.63) is 38.9 Å². The summed E-state index contributed by atoms with van der Waals surface area (Å²) in [5.41, 5.74) is 1.99. The fourth-order valence-electron chi connectivity index (χ4n) is 1.34. The molecule has 13 heavy (non-hydrogen) atoms. The van der Waals surface area contributed by atoms with E-state index in [4.69, 9.17) is 5.11 Å². The van der Waals surface area contributed by atoms with Crippen molar-refractivity contribution in [1.29, 1.82) is 0 Å². The first-order valence-electron chi connectivity index (χ1n) is 3.91. The second-order valence-corrected chi connectivity index (χ2v) is 2.99. The number of aryl methyl sites for hydroxylation is 2. The molecule has 1 rings (SSSR count). The van der Waals surface area contributed by atoms with E-state index in [-0.39, 0.29) is 12.3 Å². The van der Waals surface area contributed by atoms with Gasteiger partial charge < -0.3 is 5.11 Å². The summed E-state index contributed by atoms with van der Waals surface area (Å²) in [6.45, 7) is 3.26. The third-order valence-corrected chi connectivity index (χ3v) is 1.95. The molecule has 0 bridgehead atoms. The van der Waals surface area contributed by atoms with Crippen molar-refractivity contribution in [3.8, 4) is 0 Å². The van der Waals surface area contributed by atoms with Crippen molar-refractivity contribution in [2.75, 3.05) is 0 Å². The summed E-state index contributed by atoms with van der Waals surface area (Å²) >= 11 is 0. The summed E-state index contributed by atoms with van der Waals surface area (Å²) in [4.78, 5) is 10.1. The van der Waals surface area contributed by atoms with Crippen molar-refractivity contribution in [3.63, 3.8) is 0 Å². The van der Waals surface area contributed by atoms with E-state index in [2.05, 4.69) is 0 Å². The average molecular weight is 181 g/mol. The Kier molecular flexibility index (Phi) is 2.63. The van der Waals surface area contributed by atoms with Gasteiger partial charge in [-0.1, -0.05) is 6.07 Å². The number of nitro benzene ring substituents is 1. The van der Waals surface area contributed by atoms with Crippen molar-refractivity contribution >= 4 is 5.69 Å². The summed E-state index contributed by atoms with van der Waals surface area (Å²) in [5, 5.41) is 19.5. The zero-order valence-corrected chi connectivity index (χ0v) is 7.57. The molecule has 1 N–H and O–H groups in total. The second-order valence-electron chi connectivity index (χ2n) is 2.99. The van der Waals surface area contributed by atoms with Crippen molar-refractivity contribution < 1.29 is 10.0 Å². The van der Waals surface area contributed by atoms with Crippen LogP contribution in [0.5, 0.6) is 0 Å². The highest BCUT2D eigenvalue weighted by Crippen LogP contribution is 2.23. The zero-order chi connectivity index (χ0) is 10.0. The quantitative estimate of drug-likeness (QED) is 0.558. The maximum Gasteiger partial charge on any atom is 0.275 e. The number of nitrogens with zero attached hydrogens (tertiary/aromatic N) is 1. The minimum absolute atomic E-state index is 0.000000000000000222. The van der Waals surface area contributed by atoms with Crippen molar-refractivity contribution in [2.24, 2.45) is 0 Å². The van der Waals surface area contributed by atoms with Gasteiger partial charge in [-0.25, -0.2) is 0 Å². The lowest BCUT2D eigenvalue weighted by Crippen LogP contribution is -1.98. The van der Waals surface area contributed by atoms with Gasteiger partial charge >= 0.3 is 0 Å². The molecular weight excluding hydrogens is 170 g/mol. The molecular formula is C9H11NO3. The summed E-state index contributed by atoms with van der Waals surface area (Å²) in [5.74, 6) is 0. The van der Waals surface area contributed by atoms with E-state index < -0.39 is 4.92 Å². The highest BCUT2D eigenvalue weighted by molar-refractivity contribution is 5.47. The molecule has 0 saturated heterocycles. The molecule has 4 heteroatoms. The summed E-state index contributed by atoms with van der Waals surface area (Å²) in [6.07, 6.45) is 0. The Morgan fingerprint density at radius 2 is 2.08 bits per heavy atom. The molecule has 0 aliphatic carbocycles. The maximum absolute atomic E-state index is 10.6. The lowest BCUT2D eigenvalue weighted by Gasteiger charge is -2.04. The number of nitro groups is 1. The normalized spacial score (nSPS) is 10.1. The van der Waals surface area contributed by atoms with E-state index in [1.165, 1.54) is 6.07 Å². The van der Waals surface area contributed by atoms with Crippen LogP contribution in [0, 0.1) is 24.0 Å². The van der Waals surface area contributed by atoms with Crippen LogP contribution in [0.15, 0.2) is 12.1 Å². The number of hydrogen-bond acceptors (Lipinski definition) is 3. The minimum atomic E-state index is -0.467. The molecule has 0 aliphatic heterocycles. The topological polar surface area (TPSA) is 63.4 Å². The molecule has 0 radical (unpaired) electrons. The Morgan fingerprint density at radius 1 is 1.46 bits per heavy atom. The number of hydrogen-bond donors (Lipinski definition) is 1. The molecule has 0 atom stereocenters. The molecule has 0 unspecified atom stereocenters. The smallest absolute Gasteiger partial charge is 0.275 e. The molecule has 0 amide bonds. The minimum Gasteiger partial charge on any atom is -0.391 e. The predicted molar refractivity (Wildman–Crippen MR) is 48.5 cm³/mol. The van der Waals surface area contributed by atoms with Crippen LogP contribution in [-0.2, 0) is 6.61 Å². The Morgan fingerprint density at radius 3 is 2.54 bits per heavy atom. The molecule has 70 valence electrons. The highest BCUT2D eigenvalue weighted by atomic mass is 16.6. The lowest BCUT2D eigenvalue weighted by molar-refractivity contribution is -0.385. The fourth-order valence-corrected chi connectivity index (χ4v) is 1.34. The van der Waals surface area contributed by atoms with Gasteiger partial charge in [-0.3, -0.25) is 10.1 Å². The first kappa shape index (κ1) is 9.67. The first-order valence-corrected chi connectivity index (χ1v) is 3.91. The Labute approximate surface area is 76.0 Å². The molecule has 1 aromatic carbocycles.